The Morgan fingerprint density at radius 2 is 2.57 bits per heavy atom. The molecule has 1 atom stereocenters. The molecule has 1 unspecified atom stereocenters. The summed E-state index contributed by atoms with van der Waals surface area (Å²) in [5.74, 6) is -0.658. The van der Waals surface area contributed by atoms with Crippen LogP contribution in [0.25, 0.3) is 0 Å². The normalized spacial score (nSPS) is 12.4. The zero-order valence-electron chi connectivity index (χ0n) is 7.66. The molecule has 0 aliphatic carbocycles. The van der Waals surface area contributed by atoms with Gasteiger partial charge in [-0.25, -0.2) is 4.98 Å². The van der Waals surface area contributed by atoms with Crippen LogP contribution >= 0.6 is 27.3 Å². The molecule has 2 N–H and O–H groups in total. The molecule has 1 heterocycles. The van der Waals surface area contributed by atoms with Crippen LogP contribution in [0, 0.1) is 5.92 Å². The molecule has 0 fully saturated rings. The summed E-state index contributed by atoms with van der Waals surface area (Å²) in [7, 11) is 0. The second-order valence-corrected chi connectivity index (χ2v) is 4.73. The van der Waals surface area contributed by atoms with E-state index in [1.807, 2.05) is 12.3 Å². The quantitative estimate of drug-likeness (QED) is 0.869. The van der Waals surface area contributed by atoms with Gasteiger partial charge in [-0.3, -0.25) is 4.79 Å². The van der Waals surface area contributed by atoms with E-state index in [9.17, 15) is 4.79 Å². The van der Waals surface area contributed by atoms with E-state index in [-0.39, 0.29) is 12.3 Å². The SMILES string of the molecule is CC(CNc1nc(Br)cs1)CC(=O)O. The molecule has 1 aromatic rings. The number of rotatable bonds is 5. The van der Waals surface area contributed by atoms with Gasteiger partial charge in [-0.2, -0.15) is 0 Å². The molecule has 0 amide bonds. The molecule has 0 radical (unpaired) electrons. The first-order valence-electron chi connectivity index (χ1n) is 4.14. The van der Waals surface area contributed by atoms with Crippen LogP contribution in [0.2, 0.25) is 0 Å². The lowest BCUT2D eigenvalue weighted by Crippen LogP contribution is -2.14. The lowest BCUT2D eigenvalue weighted by Gasteiger charge is -2.08. The van der Waals surface area contributed by atoms with E-state index in [0.29, 0.717) is 6.54 Å². The molecule has 0 aliphatic rings. The largest absolute Gasteiger partial charge is 0.481 e. The summed E-state index contributed by atoms with van der Waals surface area (Å²) in [6, 6.07) is 0. The van der Waals surface area contributed by atoms with Gasteiger partial charge in [0.25, 0.3) is 0 Å². The summed E-state index contributed by atoms with van der Waals surface area (Å²) in [6.07, 6.45) is 0.180. The second kappa shape index (κ2) is 5.31. The van der Waals surface area contributed by atoms with Gasteiger partial charge in [0.15, 0.2) is 5.13 Å². The summed E-state index contributed by atoms with van der Waals surface area (Å²) in [5, 5.41) is 14.3. The van der Waals surface area contributed by atoms with Gasteiger partial charge in [0, 0.05) is 18.3 Å². The molecule has 14 heavy (non-hydrogen) atoms. The lowest BCUT2D eigenvalue weighted by atomic mass is 10.1. The first kappa shape index (κ1) is 11.5. The highest BCUT2D eigenvalue weighted by atomic mass is 79.9. The van der Waals surface area contributed by atoms with Crippen molar-refractivity contribution >= 4 is 38.4 Å². The van der Waals surface area contributed by atoms with Gasteiger partial charge in [0.05, 0.1) is 0 Å². The number of carbonyl (C=O) groups is 1. The predicted octanol–water partition coefficient (Wildman–Crippen LogP) is 2.43. The number of halogens is 1. The van der Waals surface area contributed by atoms with E-state index < -0.39 is 5.97 Å². The number of aliphatic carboxylic acids is 1. The van der Waals surface area contributed by atoms with Crippen molar-refractivity contribution in [2.45, 2.75) is 13.3 Å². The van der Waals surface area contributed by atoms with Crippen molar-refractivity contribution in [2.24, 2.45) is 5.92 Å². The number of carboxylic acids is 1. The Balaban J connectivity index is 2.30. The van der Waals surface area contributed by atoms with E-state index in [0.717, 1.165) is 9.73 Å². The number of thiazole rings is 1. The van der Waals surface area contributed by atoms with Crippen molar-refractivity contribution in [3.8, 4) is 0 Å². The molecule has 4 nitrogen and oxygen atoms in total. The molecule has 0 aromatic carbocycles. The molecule has 0 saturated heterocycles. The van der Waals surface area contributed by atoms with Crippen LogP contribution in [0.3, 0.4) is 0 Å². The minimum absolute atomic E-state index is 0.107. The van der Waals surface area contributed by atoms with E-state index >= 15 is 0 Å². The van der Waals surface area contributed by atoms with Gasteiger partial charge in [0.2, 0.25) is 0 Å². The van der Waals surface area contributed by atoms with Crippen LogP contribution in [0.5, 0.6) is 0 Å². The number of nitrogens with zero attached hydrogens (tertiary/aromatic N) is 1. The summed E-state index contributed by atoms with van der Waals surface area (Å²) >= 11 is 4.74. The molecule has 0 spiro atoms. The van der Waals surface area contributed by atoms with Crippen molar-refractivity contribution < 1.29 is 9.90 Å². The van der Waals surface area contributed by atoms with Gasteiger partial charge in [-0.15, -0.1) is 11.3 Å². The zero-order chi connectivity index (χ0) is 10.6. The molecule has 0 saturated carbocycles. The van der Waals surface area contributed by atoms with Gasteiger partial charge in [0.1, 0.15) is 4.60 Å². The number of hydrogen-bond donors (Lipinski definition) is 2. The fraction of sp³-hybridized carbons (Fsp3) is 0.500. The fourth-order valence-electron chi connectivity index (χ4n) is 0.967. The average Bonchev–Trinajstić information content (AvgIpc) is 2.47. The Morgan fingerprint density at radius 3 is 3.07 bits per heavy atom. The Hall–Kier alpha value is -0.620. The van der Waals surface area contributed by atoms with Gasteiger partial charge in [-0.1, -0.05) is 6.92 Å². The van der Waals surface area contributed by atoms with E-state index in [2.05, 4.69) is 26.2 Å². The molecule has 1 aromatic heterocycles. The van der Waals surface area contributed by atoms with Crippen LogP contribution in [-0.2, 0) is 4.79 Å². The summed E-state index contributed by atoms with van der Waals surface area (Å²) in [4.78, 5) is 14.5. The lowest BCUT2D eigenvalue weighted by molar-refractivity contribution is -0.137. The van der Waals surface area contributed by atoms with Gasteiger partial charge >= 0.3 is 5.97 Å². The van der Waals surface area contributed by atoms with Crippen LogP contribution < -0.4 is 5.32 Å². The highest BCUT2D eigenvalue weighted by Crippen LogP contribution is 2.19. The number of aromatic nitrogens is 1. The minimum Gasteiger partial charge on any atom is -0.481 e. The fourth-order valence-corrected chi connectivity index (χ4v) is 2.12. The molecule has 6 heteroatoms. The number of carboxylic acid groups (broad SMARTS) is 1. The molecular weight excluding hydrogens is 268 g/mol. The molecular formula is C8H11BrN2O2S. The van der Waals surface area contributed by atoms with Crippen molar-refractivity contribution in [3.63, 3.8) is 0 Å². The highest BCUT2D eigenvalue weighted by molar-refractivity contribution is 9.10. The Morgan fingerprint density at radius 1 is 1.86 bits per heavy atom. The van der Waals surface area contributed by atoms with E-state index in [4.69, 9.17) is 5.11 Å². The highest BCUT2D eigenvalue weighted by Gasteiger charge is 2.07. The summed E-state index contributed by atoms with van der Waals surface area (Å²) < 4.78 is 0.802. The monoisotopic (exact) mass is 278 g/mol. The molecule has 78 valence electrons. The van der Waals surface area contributed by atoms with Crippen LogP contribution in [0.1, 0.15) is 13.3 Å². The van der Waals surface area contributed by atoms with Crippen molar-refractivity contribution in [1.82, 2.24) is 4.98 Å². The maximum absolute atomic E-state index is 10.4. The first-order valence-corrected chi connectivity index (χ1v) is 5.82. The third-order valence-electron chi connectivity index (χ3n) is 1.60. The third-order valence-corrected chi connectivity index (χ3v) is 3.11. The van der Waals surface area contributed by atoms with E-state index in [1.54, 1.807) is 0 Å². The minimum atomic E-state index is -0.764. The van der Waals surface area contributed by atoms with Gasteiger partial charge in [-0.05, 0) is 21.8 Å². The summed E-state index contributed by atoms with van der Waals surface area (Å²) in [6.45, 7) is 2.52. The molecule has 0 bridgehead atoms. The second-order valence-electron chi connectivity index (χ2n) is 3.06. The van der Waals surface area contributed by atoms with Crippen LogP contribution in [-0.4, -0.2) is 22.6 Å². The van der Waals surface area contributed by atoms with Crippen molar-refractivity contribution in [1.29, 1.82) is 0 Å². The number of nitrogens with one attached hydrogen (secondary N) is 1. The standard InChI is InChI=1S/C8H11BrN2O2S/c1-5(2-7(12)13)3-10-8-11-6(9)4-14-8/h4-5H,2-3H2,1H3,(H,10,11)(H,12,13). The van der Waals surface area contributed by atoms with Crippen molar-refractivity contribution in [3.05, 3.63) is 9.98 Å². The Kier molecular flexibility index (Phi) is 4.34. The third kappa shape index (κ3) is 4.06. The molecule has 0 aliphatic heterocycles. The van der Waals surface area contributed by atoms with E-state index in [1.165, 1.54) is 11.3 Å². The average molecular weight is 279 g/mol. The molecule has 1 rings (SSSR count). The Bertz CT molecular complexity index is 316. The maximum Gasteiger partial charge on any atom is 0.303 e. The maximum atomic E-state index is 10.4. The predicted molar refractivity (Wildman–Crippen MR) is 59.7 cm³/mol. The van der Waals surface area contributed by atoms with Gasteiger partial charge < -0.3 is 10.4 Å². The summed E-state index contributed by atoms with van der Waals surface area (Å²) in [5.41, 5.74) is 0. The number of hydrogen-bond acceptors (Lipinski definition) is 4. The zero-order valence-corrected chi connectivity index (χ0v) is 10.1. The first-order chi connectivity index (χ1) is 6.58. The number of anilines is 1. The smallest absolute Gasteiger partial charge is 0.303 e. The topological polar surface area (TPSA) is 62.2 Å². The Labute approximate surface area is 94.5 Å². The van der Waals surface area contributed by atoms with Crippen molar-refractivity contribution in [2.75, 3.05) is 11.9 Å². The van der Waals surface area contributed by atoms with Crippen LogP contribution in [0.15, 0.2) is 9.98 Å². The van der Waals surface area contributed by atoms with Crippen LogP contribution in [0.4, 0.5) is 5.13 Å².